The van der Waals surface area contributed by atoms with E-state index in [4.69, 9.17) is 27.9 Å². The van der Waals surface area contributed by atoms with Crippen LogP contribution >= 0.6 is 23.2 Å². The van der Waals surface area contributed by atoms with Gasteiger partial charge in [-0.3, -0.25) is 4.79 Å². The summed E-state index contributed by atoms with van der Waals surface area (Å²) in [5.74, 6) is 0.828. The van der Waals surface area contributed by atoms with Gasteiger partial charge in [0.15, 0.2) is 0 Å². The number of benzene rings is 1. The molecule has 2 rings (SSSR count). The SMILES string of the molecule is CC(C)N(C(=O)CCCOc1ccc(Cl)cc1Cl)C1CC1. The van der Waals surface area contributed by atoms with Crippen LogP contribution in [0, 0.1) is 0 Å². The summed E-state index contributed by atoms with van der Waals surface area (Å²) in [7, 11) is 0. The van der Waals surface area contributed by atoms with Crippen molar-refractivity contribution in [3.05, 3.63) is 28.2 Å². The molecule has 1 saturated carbocycles. The monoisotopic (exact) mass is 329 g/mol. The first-order chi connectivity index (χ1) is 9.99. The molecule has 0 unspecified atom stereocenters. The normalized spacial score (nSPS) is 14.3. The van der Waals surface area contributed by atoms with Gasteiger partial charge in [0.25, 0.3) is 0 Å². The number of halogens is 2. The third kappa shape index (κ3) is 4.79. The van der Waals surface area contributed by atoms with E-state index in [1.165, 1.54) is 0 Å². The molecule has 0 radical (unpaired) electrons. The van der Waals surface area contributed by atoms with Crippen LogP contribution in [-0.2, 0) is 4.79 Å². The molecule has 0 atom stereocenters. The van der Waals surface area contributed by atoms with E-state index in [2.05, 4.69) is 13.8 Å². The zero-order chi connectivity index (χ0) is 15.4. The Morgan fingerprint density at radius 2 is 2.10 bits per heavy atom. The van der Waals surface area contributed by atoms with Gasteiger partial charge in [0.1, 0.15) is 5.75 Å². The van der Waals surface area contributed by atoms with E-state index in [0.717, 1.165) is 12.8 Å². The molecule has 0 saturated heterocycles. The average Bonchev–Trinajstić information content (AvgIpc) is 3.21. The van der Waals surface area contributed by atoms with E-state index in [1.807, 2.05) is 4.90 Å². The van der Waals surface area contributed by atoms with E-state index >= 15 is 0 Å². The number of amides is 1. The van der Waals surface area contributed by atoms with Crippen LogP contribution in [0.5, 0.6) is 5.75 Å². The van der Waals surface area contributed by atoms with Crippen LogP contribution in [0.4, 0.5) is 0 Å². The van der Waals surface area contributed by atoms with E-state index in [1.54, 1.807) is 18.2 Å². The van der Waals surface area contributed by atoms with E-state index in [-0.39, 0.29) is 11.9 Å². The molecule has 1 aromatic rings. The van der Waals surface area contributed by atoms with Crippen LogP contribution in [0.2, 0.25) is 10.0 Å². The number of rotatable bonds is 7. The van der Waals surface area contributed by atoms with Crippen molar-refractivity contribution in [1.82, 2.24) is 4.90 Å². The first-order valence-electron chi connectivity index (χ1n) is 7.38. The van der Waals surface area contributed by atoms with Crippen LogP contribution in [0.15, 0.2) is 18.2 Å². The summed E-state index contributed by atoms with van der Waals surface area (Å²) in [4.78, 5) is 14.2. The predicted molar refractivity (Wildman–Crippen MR) is 86.2 cm³/mol. The Morgan fingerprint density at radius 3 is 2.67 bits per heavy atom. The standard InChI is InChI=1S/C16H21Cl2NO2/c1-11(2)19(13-6-7-13)16(20)4-3-9-21-15-8-5-12(17)10-14(15)18/h5,8,10-11,13H,3-4,6-7,9H2,1-2H3. The molecule has 0 aliphatic heterocycles. The highest BCUT2D eigenvalue weighted by Gasteiger charge is 2.33. The minimum Gasteiger partial charge on any atom is -0.492 e. The molecule has 0 aromatic heterocycles. The van der Waals surface area contributed by atoms with Gasteiger partial charge >= 0.3 is 0 Å². The third-order valence-electron chi connectivity index (χ3n) is 3.47. The van der Waals surface area contributed by atoms with Gasteiger partial charge in [0.05, 0.1) is 11.6 Å². The Balaban J connectivity index is 1.75. The molecule has 1 amide bonds. The second-order valence-corrected chi connectivity index (χ2v) is 6.50. The molecule has 3 nitrogen and oxygen atoms in total. The highest BCUT2D eigenvalue weighted by atomic mass is 35.5. The second kappa shape index (κ2) is 7.37. The van der Waals surface area contributed by atoms with Gasteiger partial charge in [-0.1, -0.05) is 23.2 Å². The lowest BCUT2D eigenvalue weighted by molar-refractivity contribution is -0.133. The quantitative estimate of drug-likeness (QED) is 0.686. The number of carbonyl (C=O) groups is 1. The van der Waals surface area contributed by atoms with Gasteiger partial charge in [0.2, 0.25) is 5.91 Å². The Morgan fingerprint density at radius 1 is 1.38 bits per heavy atom. The maximum atomic E-state index is 12.2. The molecular formula is C16H21Cl2NO2. The summed E-state index contributed by atoms with van der Waals surface area (Å²) >= 11 is 11.9. The largest absolute Gasteiger partial charge is 0.492 e. The van der Waals surface area contributed by atoms with Crippen LogP contribution in [0.3, 0.4) is 0 Å². The molecule has 21 heavy (non-hydrogen) atoms. The maximum absolute atomic E-state index is 12.2. The topological polar surface area (TPSA) is 29.5 Å². The Labute approximate surface area is 136 Å². The summed E-state index contributed by atoms with van der Waals surface area (Å²) in [5.41, 5.74) is 0. The average molecular weight is 330 g/mol. The van der Waals surface area contributed by atoms with Crippen LogP contribution in [0.25, 0.3) is 0 Å². The van der Waals surface area contributed by atoms with Crippen molar-refractivity contribution in [3.63, 3.8) is 0 Å². The van der Waals surface area contributed by atoms with Crippen molar-refractivity contribution in [3.8, 4) is 5.75 Å². The number of ether oxygens (including phenoxy) is 1. The summed E-state index contributed by atoms with van der Waals surface area (Å²) < 4.78 is 5.60. The molecular weight excluding hydrogens is 309 g/mol. The van der Waals surface area contributed by atoms with Crippen LogP contribution in [-0.4, -0.2) is 29.5 Å². The van der Waals surface area contributed by atoms with Gasteiger partial charge in [-0.15, -0.1) is 0 Å². The highest BCUT2D eigenvalue weighted by Crippen LogP contribution is 2.30. The highest BCUT2D eigenvalue weighted by molar-refractivity contribution is 6.35. The Bertz CT molecular complexity index is 499. The van der Waals surface area contributed by atoms with E-state index in [9.17, 15) is 4.79 Å². The van der Waals surface area contributed by atoms with Gasteiger partial charge in [-0.2, -0.15) is 0 Å². The molecule has 1 fully saturated rings. The Kier molecular flexibility index (Phi) is 5.77. The first-order valence-corrected chi connectivity index (χ1v) is 8.13. The minimum atomic E-state index is 0.221. The van der Waals surface area contributed by atoms with Crippen molar-refractivity contribution >= 4 is 29.1 Å². The van der Waals surface area contributed by atoms with Crippen molar-refractivity contribution in [1.29, 1.82) is 0 Å². The summed E-state index contributed by atoms with van der Waals surface area (Å²) in [6.07, 6.45) is 3.48. The lowest BCUT2D eigenvalue weighted by Gasteiger charge is -2.26. The third-order valence-corrected chi connectivity index (χ3v) is 4.00. The van der Waals surface area contributed by atoms with Crippen molar-refractivity contribution in [2.75, 3.05) is 6.61 Å². The minimum absolute atomic E-state index is 0.221. The lowest BCUT2D eigenvalue weighted by atomic mass is 10.2. The zero-order valence-corrected chi connectivity index (χ0v) is 14.0. The molecule has 0 spiro atoms. The molecule has 116 valence electrons. The fourth-order valence-electron chi connectivity index (χ4n) is 2.39. The van der Waals surface area contributed by atoms with Gasteiger partial charge in [0, 0.05) is 23.5 Å². The number of hydrogen-bond acceptors (Lipinski definition) is 2. The lowest BCUT2D eigenvalue weighted by Crippen LogP contribution is -2.38. The number of hydrogen-bond donors (Lipinski definition) is 0. The first kappa shape index (κ1) is 16.4. The molecule has 1 aliphatic carbocycles. The summed E-state index contributed by atoms with van der Waals surface area (Å²) in [6, 6.07) is 5.87. The fraction of sp³-hybridized carbons (Fsp3) is 0.562. The van der Waals surface area contributed by atoms with E-state index in [0.29, 0.717) is 41.3 Å². The molecule has 0 N–H and O–H groups in total. The summed E-state index contributed by atoms with van der Waals surface area (Å²) in [6.45, 7) is 4.62. The summed E-state index contributed by atoms with van der Waals surface area (Å²) in [5, 5.41) is 1.08. The zero-order valence-electron chi connectivity index (χ0n) is 12.4. The van der Waals surface area contributed by atoms with Gasteiger partial charge in [-0.05, 0) is 51.3 Å². The molecule has 1 aliphatic rings. The molecule has 5 heteroatoms. The van der Waals surface area contributed by atoms with Gasteiger partial charge in [-0.25, -0.2) is 0 Å². The van der Waals surface area contributed by atoms with Gasteiger partial charge < -0.3 is 9.64 Å². The molecule has 1 aromatic carbocycles. The van der Waals surface area contributed by atoms with E-state index < -0.39 is 0 Å². The van der Waals surface area contributed by atoms with Crippen molar-refractivity contribution in [2.24, 2.45) is 0 Å². The van der Waals surface area contributed by atoms with Crippen molar-refractivity contribution < 1.29 is 9.53 Å². The Hall–Kier alpha value is -0.930. The fourth-order valence-corrected chi connectivity index (χ4v) is 2.86. The van der Waals surface area contributed by atoms with Crippen LogP contribution < -0.4 is 4.74 Å². The molecule has 0 bridgehead atoms. The predicted octanol–water partition coefficient (Wildman–Crippen LogP) is 4.55. The smallest absolute Gasteiger partial charge is 0.223 e. The number of nitrogens with zero attached hydrogens (tertiary/aromatic N) is 1. The second-order valence-electron chi connectivity index (χ2n) is 5.65. The maximum Gasteiger partial charge on any atom is 0.223 e. The van der Waals surface area contributed by atoms with Crippen molar-refractivity contribution in [2.45, 2.75) is 51.6 Å². The molecule has 0 heterocycles. The number of carbonyl (C=O) groups excluding carboxylic acids is 1. The van der Waals surface area contributed by atoms with Crippen LogP contribution in [0.1, 0.15) is 39.5 Å².